The molecule has 0 radical (unpaired) electrons. The van der Waals surface area contributed by atoms with Crippen molar-refractivity contribution in [1.29, 1.82) is 0 Å². The highest BCUT2D eigenvalue weighted by Crippen LogP contribution is 2.28. The molecule has 8 nitrogen and oxygen atoms in total. The normalized spacial score (nSPS) is 11.0. The van der Waals surface area contributed by atoms with Crippen LogP contribution in [0.3, 0.4) is 0 Å². The van der Waals surface area contributed by atoms with Crippen LogP contribution in [0.2, 0.25) is 5.02 Å². The van der Waals surface area contributed by atoms with Gasteiger partial charge in [-0.3, -0.25) is 14.4 Å². The predicted octanol–water partition coefficient (Wildman–Crippen LogP) is 3.25. The molecule has 0 spiro atoms. The molecule has 0 amide bonds. The number of sulfonamides is 1. The van der Waals surface area contributed by atoms with E-state index in [1.807, 2.05) is 0 Å². The van der Waals surface area contributed by atoms with Gasteiger partial charge in [-0.2, -0.15) is 0 Å². The van der Waals surface area contributed by atoms with Crippen LogP contribution in [0.1, 0.15) is 17.3 Å². The highest BCUT2D eigenvalue weighted by molar-refractivity contribution is 7.92. The lowest BCUT2D eigenvalue weighted by Gasteiger charge is -2.23. The number of esters is 1. The number of methoxy groups -OCH3 is 1. The average Bonchev–Trinajstić information content (AvgIpc) is 2.62. The first-order valence-electron chi connectivity index (χ1n) is 7.37. The average molecular weight is 399 g/mol. The Kier molecular flexibility index (Phi) is 5.83. The van der Waals surface area contributed by atoms with E-state index in [1.54, 1.807) is 6.92 Å². The predicted molar refractivity (Wildman–Crippen MR) is 96.1 cm³/mol. The summed E-state index contributed by atoms with van der Waals surface area (Å²) in [6.07, 6.45) is 0. The molecule has 2 aromatic rings. The number of rotatable bonds is 6. The van der Waals surface area contributed by atoms with Crippen molar-refractivity contribution in [3.05, 3.63) is 63.2 Å². The first kappa shape index (κ1) is 19.7. The molecule has 0 aliphatic carbocycles. The Morgan fingerprint density at radius 2 is 1.85 bits per heavy atom. The van der Waals surface area contributed by atoms with Crippen molar-refractivity contribution >= 4 is 39.0 Å². The second-order valence-corrected chi connectivity index (χ2v) is 7.35. The van der Waals surface area contributed by atoms with Gasteiger partial charge >= 0.3 is 5.97 Å². The lowest BCUT2D eigenvalue weighted by Crippen LogP contribution is -2.31. The quantitative estimate of drug-likeness (QED) is 0.420. The molecule has 26 heavy (non-hydrogen) atoms. The summed E-state index contributed by atoms with van der Waals surface area (Å²) in [6, 6.07) is 8.73. The van der Waals surface area contributed by atoms with E-state index in [4.69, 9.17) is 11.6 Å². The van der Waals surface area contributed by atoms with Crippen LogP contribution in [0.4, 0.5) is 11.4 Å². The summed E-state index contributed by atoms with van der Waals surface area (Å²) < 4.78 is 31.5. The number of anilines is 1. The number of carbonyl (C=O) groups is 1. The van der Waals surface area contributed by atoms with E-state index in [-0.39, 0.29) is 33.4 Å². The van der Waals surface area contributed by atoms with E-state index in [2.05, 4.69) is 4.74 Å². The van der Waals surface area contributed by atoms with Gasteiger partial charge in [-0.25, -0.2) is 13.2 Å². The molecule has 2 aromatic carbocycles. The molecule has 0 aliphatic heterocycles. The molecule has 0 atom stereocenters. The van der Waals surface area contributed by atoms with E-state index >= 15 is 0 Å². The molecular weight excluding hydrogens is 384 g/mol. The minimum atomic E-state index is -3.99. The van der Waals surface area contributed by atoms with Crippen LogP contribution < -0.4 is 4.31 Å². The maximum absolute atomic E-state index is 12.9. The molecule has 138 valence electrons. The van der Waals surface area contributed by atoms with Gasteiger partial charge in [0, 0.05) is 18.7 Å². The minimum Gasteiger partial charge on any atom is -0.465 e. The summed E-state index contributed by atoms with van der Waals surface area (Å²) in [5.74, 6) is -0.694. The summed E-state index contributed by atoms with van der Waals surface area (Å²) >= 11 is 5.96. The third-order valence-electron chi connectivity index (χ3n) is 3.57. The molecule has 0 saturated heterocycles. The van der Waals surface area contributed by atoms with Crippen molar-refractivity contribution in [2.75, 3.05) is 18.0 Å². The van der Waals surface area contributed by atoms with Crippen LogP contribution in [-0.2, 0) is 14.8 Å². The zero-order valence-electron chi connectivity index (χ0n) is 13.9. The maximum Gasteiger partial charge on any atom is 0.339 e. The Balaban J connectivity index is 2.49. The molecule has 0 fully saturated rings. The number of nitrogens with zero attached hydrogens (tertiary/aromatic N) is 2. The smallest absolute Gasteiger partial charge is 0.339 e. The molecule has 0 saturated carbocycles. The van der Waals surface area contributed by atoms with E-state index in [1.165, 1.54) is 25.3 Å². The summed E-state index contributed by atoms with van der Waals surface area (Å²) in [7, 11) is -2.80. The Hall–Kier alpha value is -2.65. The number of nitro groups is 1. The third kappa shape index (κ3) is 3.78. The Labute approximate surface area is 155 Å². The number of carbonyl (C=O) groups excluding carboxylic acids is 1. The molecular formula is C16H15ClN2O6S. The summed E-state index contributed by atoms with van der Waals surface area (Å²) in [5.41, 5.74) is 0.0335. The number of halogens is 1. The highest BCUT2D eigenvalue weighted by Gasteiger charge is 2.25. The van der Waals surface area contributed by atoms with Gasteiger partial charge in [0.25, 0.3) is 15.7 Å². The van der Waals surface area contributed by atoms with Gasteiger partial charge < -0.3 is 4.74 Å². The fraction of sp³-hybridized carbons (Fsp3) is 0.188. The second kappa shape index (κ2) is 7.71. The lowest BCUT2D eigenvalue weighted by atomic mass is 10.2. The fourth-order valence-electron chi connectivity index (χ4n) is 2.29. The van der Waals surface area contributed by atoms with E-state index in [0.29, 0.717) is 0 Å². The highest BCUT2D eigenvalue weighted by atomic mass is 35.5. The van der Waals surface area contributed by atoms with Crippen LogP contribution in [-0.4, -0.2) is 33.0 Å². The Morgan fingerprint density at radius 1 is 1.23 bits per heavy atom. The number of ether oxygens (including phenoxy) is 1. The van der Waals surface area contributed by atoms with Crippen molar-refractivity contribution < 1.29 is 22.9 Å². The number of benzene rings is 2. The van der Waals surface area contributed by atoms with Crippen LogP contribution in [0.5, 0.6) is 0 Å². The van der Waals surface area contributed by atoms with Crippen molar-refractivity contribution in [3.63, 3.8) is 0 Å². The van der Waals surface area contributed by atoms with Crippen LogP contribution in [0.15, 0.2) is 47.4 Å². The first-order chi connectivity index (χ1) is 12.2. The van der Waals surface area contributed by atoms with Gasteiger partial charge in [0.2, 0.25) is 0 Å². The standard InChI is InChI=1S/C16H15ClN2O6S/c1-3-18(12-6-9-15(17)14(10-12)16(20)25-2)26(23,24)13-7-4-11(5-8-13)19(21)22/h4-10H,3H2,1-2H3. The molecule has 0 aromatic heterocycles. The summed E-state index contributed by atoms with van der Waals surface area (Å²) in [6.45, 7) is 1.69. The second-order valence-electron chi connectivity index (χ2n) is 5.08. The number of hydrogen-bond donors (Lipinski definition) is 0. The molecule has 0 bridgehead atoms. The van der Waals surface area contributed by atoms with Gasteiger partial charge in [-0.1, -0.05) is 11.6 Å². The SMILES string of the molecule is CCN(c1ccc(Cl)c(C(=O)OC)c1)S(=O)(=O)c1ccc([N+](=O)[O-])cc1. The molecule has 10 heteroatoms. The Bertz CT molecular complexity index is 944. The van der Waals surface area contributed by atoms with E-state index in [0.717, 1.165) is 28.6 Å². The summed E-state index contributed by atoms with van der Waals surface area (Å²) in [5, 5.41) is 10.9. The van der Waals surface area contributed by atoms with E-state index in [9.17, 15) is 23.3 Å². The van der Waals surface area contributed by atoms with Crippen molar-refractivity contribution in [3.8, 4) is 0 Å². The number of non-ortho nitro benzene ring substituents is 1. The summed E-state index contributed by atoms with van der Waals surface area (Å²) in [4.78, 5) is 21.8. The monoisotopic (exact) mass is 398 g/mol. The van der Waals surface area contributed by atoms with Gasteiger partial charge in [0.15, 0.2) is 0 Å². The Morgan fingerprint density at radius 3 is 2.35 bits per heavy atom. The largest absolute Gasteiger partial charge is 0.465 e. The molecule has 0 heterocycles. The lowest BCUT2D eigenvalue weighted by molar-refractivity contribution is -0.384. The molecule has 0 unspecified atom stereocenters. The van der Waals surface area contributed by atoms with Gasteiger partial charge in [-0.15, -0.1) is 0 Å². The van der Waals surface area contributed by atoms with Crippen molar-refractivity contribution in [1.82, 2.24) is 0 Å². The number of hydrogen-bond acceptors (Lipinski definition) is 6. The fourth-order valence-corrected chi connectivity index (χ4v) is 3.95. The van der Waals surface area contributed by atoms with Crippen molar-refractivity contribution in [2.45, 2.75) is 11.8 Å². The van der Waals surface area contributed by atoms with Crippen LogP contribution in [0.25, 0.3) is 0 Å². The maximum atomic E-state index is 12.9. The van der Waals surface area contributed by atoms with Crippen molar-refractivity contribution in [2.24, 2.45) is 0 Å². The zero-order valence-corrected chi connectivity index (χ0v) is 15.5. The van der Waals surface area contributed by atoms with Crippen LogP contribution >= 0.6 is 11.6 Å². The van der Waals surface area contributed by atoms with Gasteiger partial charge in [0.05, 0.1) is 33.2 Å². The minimum absolute atomic E-state index is 0.0315. The van der Waals surface area contributed by atoms with E-state index < -0.39 is 20.9 Å². The van der Waals surface area contributed by atoms with Crippen LogP contribution in [0, 0.1) is 10.1 Å². The van der Waals surface area contributed by atoms with Gasteiger partial charge in [0.1, 0.15) is 0 Å². The number of nitro benzene ring substituents is 1. The molecule has 0 aliphatic rings. The first-order valence-corrected chi connectivity index (χ1v) is 9.19. The molecule has 2 rings (SSSR count). The van der Waals surface area contributed by atoms with Gasteiger partial charge in [-0.05, 0) is 37.3 Å². The topological polar surface area (TPSA) is 107 Å². The zero-order chi connectivity index (χ0) is 19.5. The molecule has 0 N–H and O–H groups in total. The third-order valence-corrected chi connectivity index (χ3v) is 5.81.